The number of halogens is 1. The van der Waals surface area contributed by atoms with E-state index in [2.05, 4.69) is 25.9 Å². The summed E-state index contributed by atoms with van der Waals surface area (Å²) in [6.07, 6.45) is 1.14. The number of aliphatic carboxylic acids is 1. The number of carboxylic acid groups (broad SMARTS) is 1. The summed E-state index contributed by atoms with van der Waals surface area (Å²) >= 11 is 1.22. The fourth-order valence-corrected chi connectivity index (χ4v) is 4.15. The van der Waals surface area contributed by atoms with Gasteiger partial charge in [0, 0.05) is 19.2 Å². The Hall–Kier alpha value is -4.06. The molecule has 3 aromatic rings. The second-order valence-electron chi connectivity index (χ2n) is 7.99. The third kappa shape index (κ3) is 7.22. The zero-order chi connectivity index (χ0) is 26.2. The molecule has 0 radical (unpaired) electrons. The van der Waals surface area contributed by atoms with Gasteiger partial charge in [0.1, 0.15) is 17.6 Å². The third-order valence-corrected chi connectivity index (χ3v) is 6.05. The van der Waals surface area contributed by atoms with Crippen molar-refractivity contribution >= 4 is 35.1 Å². The maximum Gasteiger partial charge on any atom is 0.328 e. The average molecular weight is 516 g/mol. The molecule has 1 aromatic carbocycles. The first kappa shape index (κ1) is 26.5. The van der Waals surface area contributed by atoms with Crippen LogP contribution in [0.15, 0.2) is 35.7 Å². The van der Waals surface area contributed by atoms with Gasteiger partial charge in [-0.15, -0.1) is 11.3 Å². The fourth-order valence-electron chi connectivity index (χ4n) is 3.51. The highest BCUT2D eigenvalue weighted by Crippen LogP contribution is 2.17. The molecule has 0 bridgehead atoms. The Labute approximate surface area is 210 Å². The van der Waals surface area contributed by atoms with E-state index in [1.165, 1.54) is 23.5 Å². The van der Waals surface area contributed by atoms with Gasteiger partial charge in [0.25, 0.3) is 11.8 Å². The standard InChI is InChI=1S/C24H26FN5O5S/c1-13-20(22(33)30-18(23(34)35)12-27-21(32)19-6-4-8-36-19)14(2)29-24(28-13)26-7-3-5-15-9-16(25)11-17(31)10-15/h4,6,8-11,18,31H,3,5,7,12H2,1-2H3,(H,27,32)(H,30,33)(H,34,35)(H,26,28,29). The normalized spacial score (nSPS) is 11.5. The van der Waals surface area contributed by atoms with Crippen molar-refractivity contribution < 1.29 is 29.0 Å². The zero-order valence-electron chi connectivity index (χ0n) is 19.7. The quantitative estimate of drug-likeness (QED) is 0.244. The number of benzene rings is 1. The van der Waals surface area contributed by atoms with Crippen LogP contribution in [0, 0.1) is 19.7 Å². The van der Waals surface area contributed by atoms with E-state index in [0.717, 1.165) is 6.07 Å². The number of hydrogen-bond donors (Lipinski definition) is 5. The monoisotopic (exact) mass is 515 g/mol. The summed E-state index contributed by atoms with van der Waals surface area (Å²) in [6, 6.07) is 5.87. The minimum absolute atomic E-state index is 0.128. The first-order valence-electron chi connectivity index (χ1n) is 11.1. The number of thiophene rings is 1. The van der Waals surface area contributed by atoms with Crippen LogP contribution in [0.5, 0.6) is 5.75 Å². The molecular formula is C24H26FN5O5S. The minimum Gasteiger partial charge on any atom is -0.508 e. The molecule has 2 aromatic heterocycles. The number of hydrogen-bond acceptors (Lipinski definition) is 8. The van der Waals surface area contributed by atoms with Crippen LogP contribution in [0.2, 0.25) is 0 Å². The minimum atomic E-state index is -1.35. The predicted octanol–water partition coefficient (Wildman–Crippen LogP) is 2.66. The van der Waals surface area contributed by atoms with Crippen LogP contribution in [0.4, 0.5) is 10.3 Å². The number of aromatic nitrogens is 2. The van der Waals surface area contributed by atoms with E-state index in [0.29, 0.717) is 47.2 Å². The van der Waals surface area contributed by atoms with E-state index >= 15 is 0 Å². The van der Waals surface area contributed by atoms with Gasteiger partial charge in [0.05, 0.1) is 21.8 Å². The van der Waals surface area contributed by atoms with E-state index in [9.17, 15) is 29.0 Å². The van der Waals surface area contributed by atoms with Crippen molar-refractivity contribution in [3.05, 3.63) is 68.9 Å². The first-order chi connectivity index (χ1) is 17.1. The molecule has 2 heterocycles. The summed E-state index contributed by atoms with van der Waals surface area (Å²) in [5, 5.41) is 28.7. The Kier molecular flexibility index (Phi) is 8.90. The van der Waals surface area contributed by atoms with Gasteiger partial charge in [0.15, 0.2) is 0 Å². The van der Waals surface area contributed by atoms with Crippen LogP contribution in [0.25, 0.3) is 0 Å². The number of amides is 2. The molecule has 0 aliphatic heterocycles. The van der Waals surface area contributed by atoms with Gasteiger partial charge < -0.3 is 26.2 Å². The maximum absolute atomic E-state index is 13.4. The number of phenolic OH excluding ortho intramolecular Hbond substituents is 1. The number of nitrogens with one attached hydrogen (secondary N) is 3. The smallest absolute Gasteiger partial charge is 0.328 e. The molecule has 1 atom stereocenters. The lowest BCUT2D eigenvalue weighted by Crippen LogP contribution is -2.48. The highest BCUT2D eigenvalue weighted by molar-refractivity contribution is 7.12. The second kappa shape index (κ2) is 12.1. The molecule has 10 nitrogen and oxygen atoms in total. The van der Waals surface area contributed by atoms with Crippen LogP contribution in [-0.2, 0) is 11.2 Å². The molecule has 190 valence electrons. The van der Waals surface area contributed by atoms with Gasteiger partial charge >= 0.3 is 5.97 Å². The lowest BCUT2D eigenvalue weighted by Gasteiger charge is -2.17. The van der Waals surface area contributed by atoms with Gasteiger partial charge in [-0.2, -0.15) is 0 Å². The van der Waals surface area contributed by atoms with Gasteiger partial charge in [-0.1, -0.05) is 6.07 Å². The summed E-state index contributed by atoms with van der Waals surface area (Å²) in [7, 11) is 0. The molecule has 12 heteroatoms. The SMILES string of the molecule is Cc1nc(NCCCc2cc(O)cc(F)c2)nc(C)c1C(=O)NC(CNC(=O)c1cccs1)C(=O)O. The number of aromatic hydroxyl groups is 1. The Morgan fingerprint density at radius 1 is 1.11 bits per heavy atom. The summed E-state index contributed by atoms with van der Waals surface area (Å²) in [5.41, 5.74) is 1.51. The van der Waals surface area contributed by atoms with E-state index in [4.69, 9.17) is 0 Å². The van der Waals surface area contributed by atoms with Crippen LogP contribution in [-0.4, -0.2) is 57.1 Å². The summed E-state index contributed by atoms with van der Waals surface area (Å²) < 4.78 is 13.4. The number of carbonyl (C=O) groups is 3. The molecule has 0 fully saturated rings. The van der Waals surface area contributed by atoms with Crippen molar-refractivity contribution in [3.8, 4) is 5.75 Å². The molecule has 1 unspecified atom stereocenters. The number of carboxylic acids is 1. The Morgan fingerprint density at radius 3 is 2.44 bits per heavy atom. The molecule has 0 spiro atoms. The van der Waals surface area contributed by atoms with Crippen molar-refractivity contribution in [1.29, 1.82) is 0 Å². The molecule has 36 heavy (non-hydrogen) atoms. The Bertz CT molecular complexity index is 1210. The fraction of sp³-hybridized carbons (Fsp3) is 0.292. The summed E-state index contributed by atoms with van der Waals surface area (Å²) in [4.78, 5) is 45.6. The lowest BCUT2D eigenvalue weighted by atomic mass is 10.1. The first-order valence-corrected chi connectivity index (χ1v) is 11.9. The summed E-state index contributed by atoms with van der Waals surface area (Å²) in [5.74, 6) is -2.73. The molecule has 2 amide bonds. The van der Waals surface area contributed by atoms with Crippen molar-refractivity contribution in [2.24, 2.45) is 0 Å². The van der Waals surface area contributed by atoms with Crippen molar-refractivity contribution in [1.82, 2.24) is 20.6 Å². The lowest BCUT2D eigenvalue weighted by molar-refractivity contribution is -0.139. The molecule has 0 saturated carbocycles. The number of aryl methyl sites for hydroxylation is 3. The summed E-state index contributed by atoms with van der Waals surface area (Å²) in [6.45, 7) is 3.39. The number of carbonyl (C=O) groups excluding carboxylic acids is 2. The highest BCUT2D eigenvalue weighted by Gasteiger charge is 2.24. The van der Waals surface area contributed by atoms with Crippen LogP contribution in [0.3, 0.4) is 0 Å². The molecule has 5 N–H and O–H groups in total. The number of phenols is 1. The van der Waals surface area contributed by atoms with E-state index in [1.807, 2.05) is 0 Å². The molecule has 3 rings (SSSR count). The van der Waals surface area contributed by atoms with Gasteiger partial charge in [-0.25, -0.2) is 19.2 Å². The Morgan fingerprint density at radius 2 is 1.83 bits per heavy atom. The Balaban J connectivity index is 1.57. The molecule has 0 saturated heterocycles. The van der Waals surface area contributed by atoms with Gasteiger partial charge in [0.2, 0.25) is 5.95 Å². The van der Waals surface area contributed by atoms with Crippen molar-refractivity contribution in [2.75, 3.05) is 18.4 Å². The van der Waals surface area contributed by atoms with Crippen LogP contribution in [0.1, 0.15) is 43.4 Å². The molecule has 0 aliphatic carbocycles. The maximum atomic E-state index is 13.4. The largest absolute Gasteiger partial charge is 0.508 e. The molecular weight excluding hydrogens is 489 g/mol. The van der Waals surface area contributed by atoms with Crippen molar-refractivity contribution in [2.45, 2.75) is 32.7 Å². The second-order valence-corrected chi connectivity index (χ2v) is 8.94. The van der Waals surface area contributed by atoms with Crippen LogP contribution < -0.4 is 16.0 Å². The van der Waals surface area contributed by atoms with Crippen molar-refractivity contribution in [3.63, 3.8) is 0 Å². The predicted molar refractivity (Wildman–Crippen MR) is 132 cm³/mol. The topological polar surface area (TPSA) is 154 Å². The van der Waals surface area contributed by atoms with Gasteiger partial charge in [-0.3, -0.25) is 9.59 Å². The zero-order valence-corrected chi connectivity index (χ0v) is 20.5. The third-order valence-electron chi connectivity index (χ3n) is 5.18. The van der Waals surface area contributed by atoms with E-state index in [1.54, 1.807) is 31.4 Å². The number of nitrogens with zero attached hydrogens (tertiary/aromatic N) is 2. The molecule has 0 aliphatic rings. The average Bonchev–Trinajstić information content (AvgIpc) is 3.33. The number of rotatable bonds is 11. The van der Waals surface area contributed by atoms with E-state index in [-0.39, 0.29) is 17.9 Å². The highest BCUT2D eigenvalue weighted by atomic mass is 32.1. The van der Waals surface area contributed by atoms with Gasteiger partial charge in [-0.05, 0) is 55.8 Å². The number of anilines is 1. The van der Waals surface area contributed by atoms with Crippen LogP contribution >= 0.6 is 11.3 Å². The van der Waals surface area contributed by atoms with E-state index < -0.39 is 29.6 Å².